The molecule has 0 bridgehead atoms. The number of rotatable bonds is 2. The zero-order valence-electron chi connectivity index (χ0n) is 9.87. The highest BCUT2D eigenvalue weighted by molar-refractivity contribution is 5.49. The van der Waals surface area contributed by atoms with Crippen molar-refractivity contribution >= 4 is 0 Å². The van der Waals surface area contributed by atoms with Crippen LogP contribution in [0.2, 0.25) is 0 Å². The number of fused-ring (bicyclic) bond motifs is 1. The molecule has 0 saturated carbocycles. The molecule has 0 amide bonds. The molecule has 2 aromatic rings. The summed E-state index contributed by atoms with van der Waals surface area (Å²) in [6.07, 6.45) is 5.64. The molecule has 1 aliphatic rings. The lowest BCUT2D eigenvalue weighted by Crippen LogP contribution is -2.25. The van der Waals surface area contributed by atoms with E-state index in [4.69, 9.17) is 5.73 Å². The third kappa shape index (κ3) is 1.64. The van der Waals surface area contributed by atoms with Gasteiger partial charge in [-0.25, -0.2) is 4.98 Å². The summed E-state index contributed by atoms with van der Waals surface area (Å²) >= 11 is 0. The summed E-state index contributed by atoms with van der Waals surface area (Å²) in [5.41, 5.74) is 6.72. The Hall–Kier alpha value is -1.69. The summed E-state index contributed by atoms with van der Waals surface area (Å²) in [5, 5.41) is 8.55. The lowest BCUT2D eigenvalue weighted by atomic mass is 9.98. The number of nitrogens with zero attached hydrogens (tertiary/aromatic N) is 5. The van der Waals surface area contributed by atoms with Gasteiger partial charge < -0.3 is 14.9 Å². The normalized spacial score (nSPS) is 19.3. The lowest BCUT2D eigenvalue weighted by Gasteiger charge is -2.22. The van der Waals surface area contributed by atoms with Crippen molar-refractivity contribution in [3.05, 3.63) is 18.3 Å². The smallest absolute Gasteiger partial charge is 0.182 e. The molecule has 1 unspecified atom stereocenters. The van der Waals surface area contributed by atoms with E-state index in [1.807, 2.05) is 17.8 Å². The number of aryl methyl sites for hydroxylation is 1. The average Bonchev–Trinajstić information content (AvgIpc) is 2.94. The minimum atomic E-state index is 0.547. The molecule has 1 aliphatic heterocycles. The molecule has 90 valence electrons. The van der Waals surface area contributed by atoms with Gasteiger partial charge in [0.2, 0.25) is 0 Å². The second-order valence-electron chi connectivity index (χ2n) is 4.58. The number of hydrogen-bond acceptors (Lipinski definition) is 4. The van der Waals surface area contributed by atoms with Gasteiger partial charge in [-0.2, -0.15) is 0 Å². The van der Waals surface area contributed by atoms with Crippen molar-refractivity contribution < 1.29 is 0 Å². The van der Waals surface area contributed by atoms with Gasteiger partial charge in [0.15, 0.2) is 5.82 Å². The number of hydrogen-bond donors (Lipinski definition) is 1. The van der Waals surface area contributed by atoms with E-state index in [2.05, 4.69) is 19.7 Å². The van der Waals surface area contributed by atoms with E-state index in [1.165, 1.54) is 0 Å². The van der Waals surface area contributed by atoms with E-state index in [1.54, 1.807) is 6.33 Å². The maximum Gasteiger partial charge on any atom is 0.182 e. The van der Waals surface area contributed by atoms with Gasteiger partial charge in [0, 0.05) is 20.0 Å². The van der Waals surface area contributed by atoms with Crippen molar-refractivity contribution in [2.24, 2.45) is 18.7 Å². The Kier molecular flexibility index (Phi) is 2.44. The van der Waals surface area contributed by atoms with Gasteiger partial charge in [-0.15, -0.1) is 10.2 Å². The lowest BCUT2D eigenvalue weighted by molar-refractivity contribution is 0.391. The summed E-state index contributed by atoms with van der Waals surface area (Å²) in [6.45, 7) is 1.68. The molecular weight excluding hydrogens is 216 g/mol. The van der Waals surface area contributed by atoms with Crippen molar-refractivity contribution in [1.82, 2.24) is 24.3 Å². The van der Waals surface area contributed by atoms with Crippen LogP contribution in [0.15, 0.2) is 12.5 Å². The van der Waals surface area contributed by atoms with Crippen LogP contribution in [0.3, 0.4) is 0 Å². The van der Waals surface area contributed by atoms with Crippen LogP contribution in [0, 0.1) is 5.92 Å². The number of nitrogens with two attached hydrogens (primary N) is 1. The molecular formula is C11H16N6. The van der Waals surface area contributed by atoms with E-state index < -0.39 is 0 Å². The summed E-state index contributed by atoms with van der Waals surface area (Å²) < 4.78 is 4.15. The predicted molar refractivity (Wildman–Crippen MR) is 63.1 cm³/mol. The highest BCUT2D eigenvalue weighted by Gasteiger charge is 2.23. The van der Waals surface area contributed by atoms with E-state index in [0.29, 0.717) is 5.92 Å². The van der Waals surface area contributed by atoms with Gasteiger partial charge in [-0.3, -0.25) is 0 Å². The fourth-order valence-electron chi connectivity index (χ4n) is 2.36. The van der Waals surface area contributed by atoms with Gasteiger partial charge in [0.25, 0.3) is 0 Å². The Morgan fingerprint density at radius 2 is 2.35 bits per heavy atom. The van der Waals surface area contributed by atoms with Gasteiger partial charge >= 0.3 is 0 Å². The first-order chi connectivity index (χ1) is 8.29. The molecule has 2 aromatic heterocycles. The number of imidazole rings is 1. The Morgan fingerprint density at radius 3 is 3.06 bits per heavy atom. The molecule has 0 saturated heterocycles. The molecule has 3 heterocycles. The van der Waals surface area contributed by atoms with Gasteiger partial charge in [-0.1, -0.05) is 0 Å². The summed E-state index contributed by atoms with van der Waals surface area (Å²) in [4.78, 5) is 4.12. The monoisotopic (exact) mass is 232 g/mol. The van der Waals surface area contributed by atoms with Crippen LogP contribution >= 0.6 is 0 Å². The maximum absolute atomic E-state index is 5.71. The van der Waals surface area contributed by atoms with Crippen LogP contribution in [0.1, 0.15) is 12.2 Å². The third-order valence-corrected chi connectivity index (χ3v) is 3.44. The van der Waals surface area contributed by atoms with Crippen molar-refractivity contribution in [1.29, 1.82) is 0 Å². The summed E-state index contributed by atoms with van der Waals surface area (Å²) in [5.74, 6) is 2.50. The average molecular weight is 232 g/mol. The van der Waals surface area contributed by atoms with Crippen LogP contribution in [-0.2, 0) is 20.0 Å². The highest BCUT2D eigenvalue weighted by Crippen LogP contribution is 2.24. The molecule has 17 heavy (non-hydrogen) atoms. The molecule has 3 rings (SSSR count). The van der Waals surface area contributed by atoms with E-state index in [9.17, 15) is 0 Å². The third-order valence-electron chi connectivity index (χ3n) is 3.44. The quantitative estimate of drug-likeness (QED) is 0.802. The Balaban J connectivity index is 2.00. The van der Waals surface area contributed by atoms with Crippen LogP contribution in [0.4, 0.5) is 0 Å². The van der Waals surface area contributed by atoms with E-state index >= 15 is 0 Å². The molecule has 1 atom stereocenters. The zero-order chi connectivity index (χ0) is 11.8. The van der Waals surface area contributed by atoms with Crippen molar-refractivity contribution in [2.75, 3.05) is 6.54 Å². The molecule has 0 aromatic carbocycles. The molecule has 2 N–H and O–H groups in total. The summed E-state index contributed by atoms with van der Waals surface area (Å²) in [6, 6.07) is 0. The zero-order valence-corrected chi connectivity index (χ0v) is 9.87. The first kappa shape index (κ1) is 10.5. The molecule has 0 aliphatic carbocycles. The van der Waals surface area contributed by atoms with E-state index in [-0.39, 0.29) is 0 Å². The largest absolute Gasteiger partial charge is 0.331 e. The second kappa shape index (κ2) is 3.96. The van der Waals surface area contributed by atoms with Crippen molar-refractivity contribution in [3.8, 4) is 11.5 Å². The van der Waals surface area contributed by atoms with Crippen molar-refractivity contribution in [3.63, 3.8) is 0 Å². The highest BCUT2D eigenvalue weighted by atomic mass is 15.3. The Labute approximate surface area is 99.5 Å². The first-order valence-electron chi connectivity index (χ1n) is 5.88. The Morgan fingerprint density at radius 1 is 1.47 bits per heavy atom. The fourth-order valence-corrected chi connectivity index (χ4v) is 2.36. The van der Waals surface area contributed by atoms with Gasteiger partial charge in [0.05, 0.1) is 12.5 Å². The molecule has 6 heteroatoms. The van der Waals surface area contributed by atoms with Crippen LogP contribution in [0.25, 0.3) is 11.5 Å². The van der Waals surface area contributed by atoms with Gasteiger partial charge in [0.1, 0.15) is 11.5 Å². The molecule has 6 nitrogen and oxygen atoms in total. The molecule has 0 fully saturated rings. The molecule has 0 radical (unpaired) electrons. The van der Waals surface area contributed by atoms with Crippen LogP contribution in [-0.4, -0.2) is 30.9 Å². The first-order valence-corrected chi connectivity index (χ1v) is 5.88. The van der Waals surface area contributed by atoms with E-state index in [0.717, 1.165) is 43.3 Å². The van der Waals surface area contributed by atoms with Crippen LogP contribution < -0.4 is 5.73 Å². The SMILES string of the molecule is Cn1cncc1-c1nnc2n1CCC(CN)C2. The molecule has 0 spiro atoms. The topological polar surface area (TPSA) is 74.5 Å². The fraction of sp³-hybridized carbons (Fsp3) is 0.545. The Bertz CT molecular complexity index is 526. The summed E-state index contributed by atoms with van der Waals surface area (Å²) in [7, 11) is 1.97. The minimum absolute atomic E-state index is 0.547. The number of aromatic nitrogens is 5. The van der Waals surface area contributed by atoms with Crippen molar-refractivity contribution in [2.45, 2.75) is 19.4 Å². The predicted octanol–water partition coefficient (Wildman–Crippen LogP) is 0.200. The standard InChI is InChI=1S/C11H16N6/c1-16-7-13-6-9(16)11-15-14-10-4-8(5-12)2-3-17(10)11/h6-8H,2-5,12H2,1H3. The minimum Gasteiger partial charge on any atom is -0.331 e. The second-order valence-corrected chi connectivity index (χ2v) is 4.58. The van der Waals surface area contributed by atoms with Gasteiger partial charge in [-0.05, 0) is 18.9 Å². The van der Waals surface area contributed by atoms with Crippen LogP contribution in [0.5, 0.6) is 0 Å². The maximum atomic E-state index is 5.71.